The zero-order valence-corrected chi connectivity index (χ0v) is 15.0. The lowest BCUT2D eigenvalue weighted by Gasteiger charge is -2.28. The number of benzene rings is 1. The highest BCUT2D eigenvalue weighted by molar-refractivity contribution is 6.30. The van der Waals surface area contributed by atoms with Gasteiger partial charge >= 0.3 is 0 Å². The Labute approximate surface area is 143 Å². The van der Waals surface area contributed by atoms with Crippen LogP contribution in [0.4, 0.5) is 0 Å². The van der Waals surface area contributed by atoms with E-state index in [2.05, 4.69) is 31.1 Å². The average Bonchev–Trinajstić information content (AvgIpc) is 2.45. The van der Waals surface area contributed by atoms with E-state index in [1.54, 1.807) is 12.1 Å². The van der Waals surface area contributed by atoms with Gasteiger partial charge in [-0.2, -0.15) is 0 Å². The van der Waals surface area contributed by atoms with Crippen LogP contribution in [0.2, 0.25) is 5.15 Å². The summed E-state index contributed by atoms with van der Waals surface area (Å²) in [6, 6.07) is 11.4. The fourth-order valence-electron chi connectivity index (χ4n) is 2.08. The van der Waals surface area contributed by atoms with E-state index in [-0.39, 0.29) is 17.4 Å². The molecule has 4 heteroatoms. The van der Waals surface area contributed by atoms with Crippen molar-refractivity contribution in [3.8, 4) is 11.3 Å². The lowest BCUT2D eigenvalue weighted by Crippen LogP contribution is -2.41. The number of pyridine rings is 1. The molecule has 1 N–H and O–H groups in total. The van der Waals surface area contributed by atoms with Crippen LogP contribution < -0.4 is 5.32 Å². The van der Waals surface area contributed by atoms with Gasteiger partial charge in [0.15, 0.2) is 0 Å². The summed E-state index contributed by atoms with van der Waals surface area (Å²) in [4.78, 5) is 16.8. The predicted octanol–water partition coefficient (Wildman–Crippen LogP) is 4.87. The van der Waals surface area contributed by atoms with E-state index >= 15 is 0 Å². The molecule has 1 aromatic carbocycles. The van der Waals surface area contributed by atoms with E-state index in [9.17, 15) is 4.79 Å². The van der Waals surface area contributed by atoms with Gasteiger partial charge < -0.3 is 5.32 Å². The summed E-state index contributed by atoms with van der Waals surface area (Å²) in [6.45, 7) is 10.3. The van der Waals surface area contributed by atoms with E-state index in [4.69, 9.17) is 11.6 Å². The fourth-order valence-corrected chi connectivity index (χ4v) is 2.29. The highest BCUT2D eigenvalue weighted by Crippen LogP contribution is 2.23. The molecule has 0 aliphatic heterocycles. The normalized spacial score (nSPS) is 12.8. The van der Waals surface area contributed by atoms with Crippen molar-refractivity contribution in [2.45, 2.75) is 40.7 Å². The summed E-state index contributed by atoms with van der Waals surface area (Å²) in [5.74, 6) is -0.134. The minimum atomic E-state index is -0.134. The second kappa shape index (κ2) is 6.71. The van der Waals surface area contributed by atoms with Crippen molar-refractivity contribution in [1.82, 2.24) is 10.3 Å². The van der Waals surface area contributed by atoms with Gasteiger partial charge in [-0.05, 0) is 37.5 Å². The number of aryl methyl sites for hydroxylation is 1. The molecule has 2 rings (SSSR count). The Morgan fingerprint density at radius 1 is 1.22 bits per heavy atom. The molecule has 0 saturated heterocycles. The minimum Gasteiger partial charge on any atom is -0.349 e. The van der Waals surface area contributed by atoms with E-state index in [0.717, 1.165) is 11.1 Å². The van der Waals surface area contributed by atoms with Crippen molar-refractivity contribution in [3.05, 3.63) is 52.7 Å². The number of amides is 1. The molecule has 23 heavy (non-hydrogen) atoms. The van der Waals surface area contributed by atoms with Crippen molar-refractivity contribution in [1.29, 1.82) is 0 Å². The number of carbonyl (C=O) groups is 1. The Bertz CT molecular complexity index is 720. The van der Waals surface area contributed by atoms with Gasteiger partial charge in [-0.15, -0.1) is 0 Å². The van der Waals surface area contributed by atoms with E-state index in [0.29, 0.717) is 16.4 Å². The highest BCUT2D eigenvalue weighted by atomic mass is 35.5. The predicted molar refractivity (Wildman–Crippen MR) is 95.8 cm³/mol. The maximum absolute atomic E-state index is 12.5. The van der Waals surface area contributed by atoms with Gasteiger partial charge in [0.2, 0.25) is 0 Å². The first kappa shape index (κ1) is 17.5. The van der Waals surface area contributed by atoms with Crippen LogP contribution >= 0.6 is 11.6 Å². The molecule has 1 atom stereocenters. The average molecular weight is 331 g/mol. The fraction of sp³-hybridized carbons (Fsp3) is 0.368. The van der Waals surface area contributed by atoms with E-state index < -0.39 is 0 Å². The summed E-state index contributed by atoms with van der Waals surface area (Å²) in [6.07, 6.45) is 0. The topological polar surface area (TPSA) is 42.0 Å². The standard InChI is InChI=1S/C19H23ClN2O/c1-12-7-6-8-14(9-12)16-10-15(11-17(20)22-16)18(23)21-13(2)19(3,4)5/h6-11,13H,1-5H3,(H,21,23). The lowest BCUT2D eigenvalue weighted by atomic mass is 9.88. The Kier molecular flexibility index (Phi) is 5.10. The third-order valence-electron chi connectivity index (χ3n) is 4.02. The molecule has 3 nitrogen and oxygen atoms in total. The number of carbonyl (C=O) groups excluding carboxylic acids is 1. The molecule has 1 aromatic heterocycles. The molecule has 0 radical (unpaired) electrons. The molecule has 0 saturated carbocycles. The van der Waals surface area contributed by atoms with E-state index in [1.165, 1.54) is 0 Å². The van der Waals surface area contributed by atoms with Gasteiger partial charge in [-0.3, -0.25) is 4.79 Å². The Morgan fingerprint density at radius 3 is 2.52 bits per heavy atom. The summed E-state index contributed by atoms with van der Waals surface area (Å²) in [7, 11) is 0. The zero-order chi connectivity index (χ0) is 17.2. The molecule has 0 bridgehead atoms. The van der Waals surface area contributed by atoms with Crippen LogP contribution in [-0.4, -0.2) is 16.9 Å². The molecule has 1 amide bonds. The van der Waals surface area contributed by atoms with Gasteiger partial charge in [0, 0.05) is 17.2 Å². The van der Waals surface area contributed by atoms with Crippen molar-refractivity contribution < 1.29 is 4.79 Å². The lowest BCUT2D eigenvalue weighted by molar-refractivity contribution is 0.0910. The maximum Gasteiger partial charge on any atom is 0.251 e. The minimum absolute atomic E-state index is 0.00808. The molecule has 2 aromatic rings. The van der Waals surface area contributed by atoms with Crippen LogP contribution in [0.5, 0.6) is 0 Å². The Hall–Kier alpha value is -1.87. The zero-order valence-electron chi connectivity index (χ0n) is 14.3. The number of hydrogen-bond donors (Lipinski definition) is 1. The third-order valence-corrected chi connectivity index (χ3v) is 4.21. The van der Waals surface area contributed by atoms with Gasteiger partial charge in [0.25, 0.3) is 5.91 Å². The Morgan fingerprint density at radius 2 is 1.91 bits per heavy atom. The summed E-state index contributed by atoms with van der Waals surface area (Å²) in [5, 5.41) is 3.35. The molecular formula is C19H23ClN2O. The number of nitrogens with zero attached hydrogens (tertiary/aromatic N) is 1. The molecule has 1 unspecified atom stereocenters. The SMILES string of the molecule is Cc1cccc(-c2cc(C(=O)NC(C)C(C)(C)C)cc(Cl)n2)c1. The first-order valence-electron chi connectivity index (χ1n) is 7.72. The number of aromatic nitrogens is 1. The van der Waals surface area contributed by atoms with Crippen LogP contribution in [-0.2, 0) is 0 Å². The molecule has 0 aliphatic rings. The molecule has 0 fully saturated rings. The monoisotopic (exact) mass is 330 g/mol. The van der Waals surface area contributed by atoms with Crippen molar-refractivity contribution in [3.63, 3.8) is 0 Å². The van der Waals surface area contributed by atoms with Gasteiger partial charge in [0.1, 0.15) is 5.15 Å². The van der Waals surface area contributed by atoms with E-state index in [1.807, 2.05) is 38.1 Å². The first-order chi connectivity index (χ1) is 10.7. The van der Waals surface area contributed by atoms with Crippen LogP contribution in [0.3, 0.4) is 0 Å². The maximum atomic E-state index is 12.5. The number of halogens is 1. The van der Waals surface area contributed by atoms with Gasteiger partial charge in [0.05, 0.1) is 5.69 Å². The van der Waals surface area contributed by atoms with Crippen LogP contribution in [0.15, 0.2) is 36.4 Å². The summed E-state index contributed by atoms with van der Waals surface area (Å²) < 4.78 is 0. The van der Waals surface area contributed by atoms with Crippen molar-refractivity contribution >= 4 is 17.5 Å². The highest BCUT2D eigenvalue weighted by Gasteiger charge is 2.22. The molecular weight excluding hydrogens is 308 g/mol. The molecule has 0 aliphatic carbocycles. The van der Waals surface area contributed by atoms with Crippen LogP contribution in [0.1, 0.15) is 43.6 Å². The number of rotatable bonds is 3. The summed E-state index contributed by atoms with van der Waals surface area (Å²) in [5.41, 5.74) is 3.31. The second-order valence-electron chi connectivity index (χ2n) is 6.99. The molecule has 1 heterocycles. The molecule has 0 spiro atoms. The van der Waals surface area contributed by atoms with Crippen LogP contribution in [0.25, 0.3) is 11.3 Å². The second-order valence-corrected chi connectivity index (χ2v) is 7.38. The number of nitrogens with one attached hydrogen (secondary N) is 1. The smallest absolute Gasteiger partial charge is 0.251 e. The first-order valence-corrected chi connectivity index (χ1v) is 8.10. The summed E-state index contributed by atoms with van der Waals surface area (Å²) >= 11 is 6.12. The third kappa shape index (κ3) is 4.55. The van der Waals surface area contributed by atoms with Crippen molar-refractivity contribution in [2.24, 2.45) is 5.41 Å². The van der Waals surface area contributed by atoms with Gasteiger partial charge in [-0.25, -0.2) is 4.98 Å². The molecule has 122 valence electrons. The van der Waals surface area contributed by atoms with Gasteiger partial charge in [-0.1, -0.05) is 56.1 Å². The van der Waals surface area contributed by atoms with Crippen molar-refractivity contribution in [2.75, 3.05) is 0 Å². The largest absolute Gasteiger partial charge is 0.349 e. The quantitative estimate of drug-likeness (QED) is 0.815. The van der Waals surface area contributed by atoms with Crippen LogP contribution in [0, 0.1) is 12.3 Å². The Balaban J connectivity index is 2.32. The number of hydrogen-bond acceptors (Lipinski definition) is 2.